The summed E-state index contributed by atoms with van der Waals surface area (Å²) in [5.41, 5.74) is -0.299. The van der Waals surface area contributed by atoms with Gasteiger partial charge in [-0.1, -0.05) is 0 Å². The van der Waals surface area contributed by atoms with Crippen LogP contribution in [-0.2, 0) is 10.0 Å². The van der Waals surface area contributed by atoms with Gasteiger partial charge in [-0.2, -0.15) is 4.31 Å². The molecule has 144 valence electrons. The van der Waals surface area contributed by atoms with Crippen LogP contribution in [0.25, 0.3) is 0 Å². The Morgan fingerprint density at radius 1 is 1.07 bits per heavy atom. The highest BCUT2D eigenvalue weighted by molar-refractivity contribution is 7.89. The second kappa shape index (κ2) is 7.93. The van der Waals surface area contributed by atoms with E-state index in [1.807, 2.05) is 6.92 Å². The number of nitro groups is 1. The van der Waals surface area contributed by atoms with Crippen molar-refractivity contribution in [1.29, 1.82) is 0 Å². The second-order valence-corrected chi connectivity index (χ2v) is 7.91. The fraction of sp³-hybridized carbons (Fsp3) is 0.333. The highest BCUT2D eigenvalue weighted by Crippen LogP contribution is 2.35. The first-order valence-electron chi connectivity index (χ1n) is 8.61. The van der Waals surface area contributed by atoms with Gasteiger partial charge in [-0.25, -0.2) is 8.42 Å². The van der Waals surface area contributed by atoms with E-state index in [0.29, 0.717) is 31.2 Å². The largest absolute Gasteiger partial charge is 0.494 e. The van der Waals surface area contributed by atoms with Gasteiger partial charge in [0.2, 0.25) is 10.0 Å². The van der Waals surface area contributed by atoms with Crippen LogP contribution in [0.1, 0.15) is 19.8 Å². The molecule has 2 aromatic rings. The summed E-state index contributed by atoms with van der Waals surface area (Å²) in [6.45, 7) is 3.19. The molecular formula is C18H20N2O6S. The maximum Gasteiger partial charge on any atom is 0.271 e. The molecule has 8 nitrogen and oxygen atoms in total. The normalized spacial score (nSPS) is 14.9. The summed E-state index contributed by atoms with van der Waals surface area (Å²) in [6.07, 6.45) is 1.53. The molecule has 1 fully saturated rings. The van der Waals surface area contributed by atoms with Gasteiger partial charge in [0.05, 0.1) is 11.5 Å². The Bertz CT molecular complexity index is 921. The minimum absolute atomic E-state index is 0.0525. The molecule has 0 saturated carbocycles. The van der Waals surface area contributed by atoms with Crippen LogP contribution >= 0.6 is 0 Å². The van der Waals surface area contributed by atoms with Crippen LogP contribution in [0.2, 0.25) is 0 Å². The van der Waals surface area contributed by atoms with E-state index >= 15 is 0 Å². The lowest BCUT2D eigenvalue weighted by Gasteiger charge is -2.18. The van der Waals surface area contributed by atoms with Gasteiger partial charge in [0, 0.05) is 25.2 Å². The zero-order valence-electron chi connectivity index (χ0n) is 14.8. The van der Waals surface area contributed by atoms with Gasteiger partial charge < -0.3 is 9.47 Å². The highest BCUT2D eigenvalue weighted by Gasteiger charge is 2.31. The molecule has 0 aliphatic carbocycles. The molecule has 1 saturated heterocycles. The molecule has 0 aromatic heterocycles. The van der Waals surface area contributed by atoms with E-state index in [2.05, 4.69) is 0 Å². The van der Waals surface area contributed by atoms with Crippen LogP contribution < -0.4 is 9.47 Å². The molecule has 3 rings (SSSR count). The molecule has 0 N–H and O–H groups in total. The Hall–Kier alpha value is -2.65. The molecule has 0 spiro atoms. The summed E-state index contributed by atoms with van der Waals surface area (Å²) in [5, 5.41) is 11.1. The van der Waals surface area contributed by atoms with Crippen LogP contribution in [0.4, 0.5) is 5.69 Å². The highest BCUT2D eigenvalue weighted by atomic mass is 32.2. The van der Waals surface area contributed by atoms with E-state index in [0.717, 1.165) is 18.9 Å². The smallest absolute Gasteiger partial charge is 0.271 e. The monoisotopic (exact) mass is 392 g/mol. The summed E-state index contributed by atoms with van der Waals surface area (Å²) >= 11 is 0. The lowest BCUT2D eigenvalue weighted by atomic mass is 10.3. The zero-order valence-corrected chi connectivity index (χ0v) is 15.6. The van der Waals surface area contributed by atoms with E-state index in [-0.39, 0.29) is 16.3 Å². The molecule has 0 bridgehead atoms. The Morgan fingerprint density at radius 3 is 2.30 bits per heavy atom. The van der Waals surface area contributed by atoms with E-state index in [9.17, 15) is 18.5 Å². The van der Waals surface area contributed by atoms with Gasteiger partial charge in [0.15, 0.2) is 0 Å². The second-order valence-electron chi connectivity index (χ2n) is 6.01. The zero-order chi connectivity index (χ0) is 19.4. The molecule has 2 aromatic carbocycles. The Morgan fingerprint density at radius 2 is 1.70 bits per heavy atom. The summed E-state index contributed by atoms with van der Waals surface area (Å²) in [5.74, 6) is 1.13. The first kappa shape index (κ1) is 19.1. The van der Waals surface area contributed by atoms with Crippen molar-refractivity contribution < 1.29 is 22.8 Å². The van der Waals surface area contributed by atoms with Crippen molar-refractivity contribution in [3.63, 3.8) is 0 Å². The number of rotatable bonds is 7. The van der Waals surface area contributed by atoms with Crippen LogP contribution in [-0.4, -0.2) is 37.3 Å². The third-order valence-electron chi connectivity index (χ3n) is 4.18. The number of non-ortho nitro benzene ring substituents is 1. The number of benzene rings is 2. The first-order chi connectivity index (χ1) is 12.9. The van der Waals surface area contributed by atoms with Crippen LogP contribution in [0.5, 0.6) is 17.2 Å². The van der Waals surface area contributed by atoms with Gasteiger partial charge in [-0.3, -0.25) is 10.1 Å². The minimum atomic E-state index is -3.88. The molecule has 0 amide bonds. The van der Waals surface area contributed by atoms with Crippen LogP contribution in [0, 0.1) is 10.1 Å². The Balaban J connectivity index is 1.97. The molecule has 0 atom stereocenters. The molecule has 1 heterocycles. The lowest BCUT2D eigenvalue weighted by Crippen LogP contribution is -2.28. The summed E-state index contributed by atoms with van der Waals surface area (Å²) in [6, 6.07) is 10.3. The molecule has 27 heavy (non-hydrogen) atoms. The number of hydrogen-bond donors (Lipinski definition) is 0. The standard InChI is InChI=1S/C18H20N2O6S/c1-2-25-15-6-8-16(9-7-15)26-17-10-5-14(20(21)22)13-18(17)27(23,24)19-11-3-4-12-19/h5-10,13H,2-4,11-12H2,1H3. The maximum absolute atomic E-state index is 13.0. The molecular weight excluding hydrogens is 372 g/mol. The van der Waals surface area contributed by atoms with E-state index < -0.39 is 14.9 Å². The number of hydrogen-bond acceptors (Lipinski definition) is 6. The van der Waals surface area contributed by atoms with Crippen molar-refractivity contribution in [2.24, 2.45) is 0 Å². The van der Waals surface area contributed by atoms with E-state index in [1.165, 1.54) is 16.4 Å². The fourth-order valence-corrected chi connectivity index (χ4v) is 4.51. The molecule has 0 radical (unpaired) electrons. The quantitative estimate of drug-likeness (QED) is 0.528. The van der Waals surface area contributed by atoms with E-state index in [4.69, 9.17) is 9.47 Å². The Labute approximate surface area is 157 Å². The van der Waals surface area contributed by atoms with Gasteiger partial charge in [-0.05, 0) is 50.1 Å². The number of sulfonamides is 1. The number of nitrogens with zero attached hydrogens (tertiary/aromatic N) is 2. The number of nitro benzene ring substituents is 1. The summed E-state index contributed by atoms with van der Waals surface area (Å²) in [7, 11) is -3.88. The van der Waals surface area contributed by atoms with Crippen molar-refractivity contribution in [3.05, 3.63) is 52.6 Å². The van der Waals surface area contributed by atoms with Crippen molar-refractivity contribution in [1.82, 2.24) is 4.31 Å². The van der Waals surface area contributed by atoms with Crippen LogP contribution in [0.15, 0.2) is 47.4 Å². The topological polar surface area (TPSA) is 99.0 Å². The molecule has 0 unspecified atom stereocenters. The molecule has 9 heteroatoms. The van der Waals surface area contributed by atoms with Crippen molar-refractivity contribution >= 4 is 15.7 Å². The van der Waals surface area contributed by atoms with Gasteiger partial charge in [0.1, 0.15) is 22.1 Å². The average molecular weight is 392 g/mol. The molecule has 1 aliphatic rings. The van der Waals surface area contributed by atoms with Crippen molar-refractivity contribution in [2.75, 3.05) is 19.7 Å². The third-order valence-corrected chi connectivity index (χ3v) is 6.10. The lowest BCUT2D eigenvalue weighted by molar-refractivity contribution is -0.385. The number of ether oxygens (including phenoxy) is 2. The fourth-order valence-electron chi connectivity index (χ4n) is 2.86. The van der Waals surface area contributed by atoms with Gasteiger partial charge >= 0.3 is 0 Å². The predicted octanol–water partition coefficient (Wildman–Crippen LogP) is 3.57. The first-order valence-corrected chi connectivity index (χ1v) is 10.0. The van der Waals surface area contributed by atoms with Gasteiger partial charge in [0.25, 0.3) is 5.69 Å². The third kappa shape index (κ3) is 4.20. The molecule has 1 aliphatic heterocycles. The SMILES string of the molecule is CCOc1ccc(Oc2ccc([N+](=O)[O-])cc2S(=O)(=O)N2CCCC2)cc1. The summed E-state index contributed by atoms with van der Waals surface area (Å²) in [4.78, 5) is 10.3. The van der Waals surface area contributed by atoms with E-state index in [1.54, 1.807) is 24.3 Å². The van der Waals surface area contributed by atoms with Crippen molar-refractivity contribution in [3.8, 4) is 17.2 Å². The van der Waals surface area contributed by atoms with Crippen molar-refractivity contribution in [2.45, 2.75) is 24.7 Å². The minimum Gasteiger partial charge on any atom is -0.494 e. The predicted molar refractivity (Wildman–Crippen MR) is 98.8 cm³/mol. The van der Waals surface area contributed by atoms with Crippen LogP contribution in [0.3, 0.4) is 0 Å². The maximum atomic E-state index is 13.0. The van der Waals surface area contributed by atoms with Gasteiger partial charge in [-0.15, -0.1) is 0 Å². The Kier molecular flexibility index (Phi) is 5.62. The summed E-state index contributed by atoms with van der Waals surface area (Å²) < 4.78 is 38.4. The average Bonchev–Trinajstić information content (AvgIpc) is 3.19.